The van der Waals surface area contributed by atoms with Crippen LogP contribution in [-0.4, -0.2) is 50.5 Å². The summed E-state index contributed by atoms with van der Waals surface area (Å²) in [6, 6.07) is 6.38. The van der Waals surface area contributed by atoms with E-state index in [1.807, 2.05) is 6.92 Å². The first kappa shape index (κ1) is 17.4. The molecule has 3 aliphatic heterocycles. The van der Waals surface area contributed by atoms with E-state index in [4.69, 9.17) is 9.47 Å². The molecule has 5 rings (SSSR count). The molecule has 4 heterocycles. The summed E-state index contributed by atoms with van der Waals surface area (Å²) in [6.45, 7) is 2.36. The minimum Gasteiger partial charge on any atom is -0.454 e. The average Bonchev–Trinajstić information content (AvgIpc) is 3.31. The van der Waals surface area contributed by atoms with Crippen LogP contribution in [0.4, 0.5) is 5.69 Å². The molecule has 28 heavy (non-hydrogen) atoms. The highest BCUT2D eigenvalue weighted by Gasteiger charge is 2.55. The molecule has 1 saturated heterocycles. The quantitative estimate of drug-likeness (QED) is 0.755. The van der Waals surface area contributed by atoms with Gasteiger partial charge in [-0.15, -0.1) is 0 Å². The van der Waals surface area contributed by atoms with Crippen LogP contribution in [0.25, 0.3) is 0 Å². The summed E-state index contributed by atoms with van der Waals surface area (Å²) in [5.41, 5.74) is 1.04. The fraction of sp³-hybridized carbons (Fsp3) is 0.368. The summed E-state index contributed by atoms with van der Waals surface area (Å²) in [4.78, 5) is 18.9. The van der Waals surface area contributed by atoms with E-state index in [2.05, 4.69) is 4.98 Å². The van der Waals surface area contributed by atoms with Gasteiger partial charge in [-0.1, -0.05) is 6.92 Å². The van der Waals surface area contributed by atoms with Gasteiger partial charge in [0, 0.05) is 49.6 Å². The van der Waals surface area contributed by atoms with Gasteiger partial charge in [-0.2, -0.15) is 4.31 Å². The van der Waals surface area contributed by atoms with E-state index < -0.39 is 21.4 Å². The van der Waals surface area contributed by atoms with Crippen LogP contribution >= 0.6 is 0 Å². The lowest BCUT2D eigenvalue weighted by molar-refractivity contribution is -0.123. The van der Waals surface area contributed by atoms with Crippen molar-refractivity contribution in [2.24, 2.45) is 5.92 Å². The van der Waals surface area contributed by atoms with Gasteiger partial charge in [0.2, 0.25) is 22.7 Å². The van der Waals surface area contributed by atoms with Gasteiger partial charge in [0.05, 0.1) is 16.5 Å². The molecule has 1 aromatic heterocycles. The Labute approximate surface area is 162 Å². The van der Waals surface area contributed by atoms with Crippen molar-refractivity contribution in [3.63, 3.8) is 0 Å². The van der Waals surface area contributed by atoms with Gasteiger partial charge in [-0.05, 0) is 18.2 Å². The lowest BCUT2D eigenvalue weighted by Crippen LogP contribution is -2.48. The third-order valence-corrected chi connectivity index (χ3v) is 7.85. The maximum atomic E-state index is 13.3. The second-order valence-electron chi connectivity index (χ2n) is 7.57. The monoisotopic (exact) mass is 401 g/mol. The van der Waals surface area contributed by atoms with Gasteiger partial charge in [0.1, 0.15) is 0 Å². The molecule has 2 atom stereocenters. The van der Waals surface area contributed by atoms with Gasteiger partial charge in [-0.3, -0.25) is 9.78 Å². The highest BCUT2D eigenvalue weighted by atomic mass is 32.2. The fourth-order valence-electron chi connectivity index (χ4n) is 4.41. The molecule has 0 N–H and O–H groups in total. The molecule has 0 spiro atoms. The largest absolute Gasteiger partial charge is 0.454 e. The smallest absolute Gasteiger partial charge is 0.243 e. The molecular formula is C19H19N3O5S. The lowest BCUT2D eigenvalue weighted by Gasteiger charge is -2.40. The van der Waals surface area contributed by atoms with E-state index in [-0.39, 0.29) is 30.7 Å². The molecule has 9 heteroatoms. The molecule has 8 nitrogen and oxygen atoms in total. The maximum absolute atomic E-state index is 13.3. The molecule has 0 saturated carbocycles. The Morgan fingerprint density at radius 1 is 1.21 bits per heavy atom. The van der Waals surface area contributed by atoms with E-state index >= 15 is 0 Å². The van der Waals surface area contributed by atoms with Crippen molar-refractivity contribution >= 4 is 21.6 Å². The Kier molecular flexibility index (Phi) is 3.54. The molecule has 1 fully saturated rings. The number of amides is 1. The highest BCUT2D eigenvalue weighted by Crippen LogP contribution is 2.48. The molecule has 0 unspecified atom stereocenters. The third kappa shape index (κ3) is 2.23. The van der Waals surface area contributed by atoms with Gasteiger partial charge in [0.15, 0.2) is 11.5 Å². The second-order valence-corrected chi connectivity index (χ2v) is 9.51. The van der Waals surface area contributed by atoms with Gasteiger partial charge in [0.25, 0.3) is 0 Å². The Morgan fingerprint density at radius 3 is 2.82 bits per heavy atom. The molecule has 2 aromatic rings. The van der Waals surface area contributed by atoms with Crippen molar-refractivity contribution in [1.29, 1.82) is 0 Å². The number of ether oxygens (including phenoxy) is 2. The van der Waals surface area contributed by atoms with Crippen molar-refractivity contribution in [2.75, 3.05) is 31.8 Å². The van der Waals surface area contributed by atoms with Gasteiger partial charge >= 0.3 is 0 Å². The van der Waals surface area contributed by atoms with Crippen LogP contribution in [0.3, 0.4) is 0 Å². The van der Waals surface area contributed by atoms with Gasteiger partial charge < -0.3 is 14.4 Å². The summed E-state index contributed by atoms with van der Waals surface area (Å²) >= 11 is 0. The van der Waals surface area contributed by atoms with E-state index in [1.165, 1.54) is 16.4 Å². The Bertz CT molecular complexity index is 1100. The third-order valence-electron chi connectivity index (χ3n) is 6.05. The number of benzene rings is 1. The van der Waals surface area contributed by atoms with E-state index in [0.29, 0.717) is 11.5 Å². The average molecular weight is 401 g/mol. The number of pyridine rings is 1. The summed E-state index contributed by atoms with van der Waals surface area (Å²) in [5.74, 6) is 0.398. The van der Waals surface area contributed by atoms with E-state index in [1.54, 1.807) is 36.5 Å². The maximum Gasteiger partial charge on any atom is 0.243 e. The Hall–Kier alpha value is -2.65. The number of nitrogens with zero attached hydrogens (tertiary/aromatic N) is 3. The molecular weight excluding hydrogens is 382 g/mol. The SMILES string of the molecule is CN1C(=O)[C@@H]2CN(S(=O)(=O)c3ccc4c(c3)OCO4)C[C@]2(C)c2cnccc21. The zero-order chi connectivity index (χ0) is 19.7. The van der Waals surface area contributed by atoms with Crippen LogP contribution in [-0.2, 0) is 20.2 Å². The number of carbonyl (C=O) groups is 1. The number of aromatic nitrogens is 1. The number of hydrogen-bond acceptors (Lipinski definition) is 6. The summed E-state index contributed by atoms with van der Waals surface area (Å²) in [6.07, 6.45) is 3.38. The molecule has 0 bridgehead atoms. The highest BCUT2D eigenvalue weighted by molar-refractivity contribution is 7.89. The van der Waals surface area contributed by atoms with Crippen LogP contribution in [0.1, 0.15) is 12.5 Å². The predicted octanol–water partition coefficient (Wildman–Crippen LogP) is 1.37. The molecule has 3 aliphatic rings. The first-order valence-corrected chi connectivity index (χ1v) is 10.4. The van der Waals surface area contributed by atoms with Crippen LogP contribution < -0.4 is 14.4 Å². The number of sulfonamides is 1. The van der Waals surface area contributed by atoms with Crippen LogP contribution in [0, 0.1) is 5.92 Å². The van der Waals surface area contributed by atoms with E-state index in [0.717, 1.165) is 11.3 Å². The van der Waals surface area contributed by atoms with Crippen molar-refractivity contribution in [3.8, 4) is 11.5 Å². The minimum atomic E-state index is -3.79. The van der Waals surface area contributed by atoms with Crippen molar-refractivity contribution < 1.29 is 22.7 Å². The predicted molar refractivity (Wildman–Crippen MR) is 99.8 cm³/mol. The topological polar surface area (TPSA) is 89.0 Å². The van der Waals surface area contributed by atoms with Crippen molar-refractivity contribution in [1.82, 2.24) is 9.29 Å². The summed E-state index contributed by atoms with van der Waals surface area (Å²) in [7, 11) is -2.08. The summed E-state index contributed by atoms with van der Waals surface area (Å²) in [5, 5.41) is 0. The number of carbonyl (C=O) groups excluding carboxylic acids is 1. The Morgan fingerprint density at radius 2 is 2.00 bits per heavy atom. The first-order valence-electron chi connectivity index (χ1n) is 8.94. The second kappa shape index (κ2) is 5.68. The Balaban J connectivity index is 1.55. The van der Waals surface area contributed by atoms with Crippen molar-refractivity contribution in [3.05, 3.63) is 42.2 Å². The molecule has 1 amide bonds. The van der Waals surface area contributed by atoms with Crippen LogP contribution in [0.15, 0.2) is 41.6 Å². The van der Waals surface area contributed by atoms with Crippen LogP contribution in [0.5, 0.6) is 11.5 Å². The number of hydrogen-bond donors (Lipinski definition) is 0. The summed E-state index contributed by atoms with van der Waals surface area (Å²) < 4.78 is 38.6. The first-order chi connectivity index (χ1) is 13.3. The van der Waals surface area contributed by atoms with Crippen LogP contribution in [0.2, 0.25) is 0 Å². The molecule has 0 aliphatic carbocycles. The zero-order valence-electron chi connectivity index (χ0n) is 15.5. The molecule has 146 valence electrons. The normalized spacial score (nSPS) is 26.3. The fourth-order valence-corrected chi connectivity index (χ4v) is 5.99. The number of fused-ring (bicyclic) bond motifs is 4. The minimum absolute atomic E-state index is 0.0767. The molecule has 0 radical (unpaired) electrons. The number of rotatable bonds is 2. The lowest BCUT2D eigenvalue weighted by atomic mass is 9.71. The van der Waals surface area contributed by atoms with Gasteiger partial charge in [-0.25, -0.2) is 8.42 Å². The molecule has 1 aromatic carbocycles. The van der Waals surface area contributed by atoms with Crippen molar-refractivity contribution in [2.45, 2.75) is 17.2 Å². The zero-order valence-corrected chi connectivity index (χ0v) is 16.3. The van der Waals surface area contributed by atoms with E-state index in [9.17, 15) is 13.2 Å². The number of anilines is 1. The standard InChI is InChI=1S/C19H19N3O5S/c1-19-10-22(28(24,25)12-3-4-16-17(7-12)27-11-26-16)9-14(19)18(23)21(2)15-5-6-20-8-13(15)19/h3-8,14H,9-11H2,1-2H3/t14-,19+/m0/s1.